The molecule has 2 heterocycles. The largest absolute Gasteiger partial charge is 0.531 e. The molecule has 0 unspecified atom stereocenters. The molecule has 1 aromatic heterocycles. The van der Waals surface area contributed by atoms with Crippen molar-refractivity contribution < 1.29 is 28.8 Å². The molecule has 1 fully saturated rings. The lowest BCUT2D eigenvalue weighted by Gasteiger charge is -2.31. The van der Waals surface area contributed by atoms with Crippen LogP contribution in [0.4, 0.5) is 0 Å². The molecule has 2 aromatic rings. The van der Waals surface area contributed by atoms with E-state index in [9.17, 15) is 19.5 Å². The number of carbonyl (C=O) groups excluding carboxylic acids is 3. The van der Waals surface area contributed by atoms with Gasteiger partial charge in [0.2, 0.25) is 0 Å². The summed E-state index contributed by atoms with van der Waals surface area (Å²) in [7, 11) is -0.907. The first-order valence-electron chi connectivity index (χ1n) is 13.2. The van der Waals surface area contributed by atoms with Gasteiger partial charge in [-0.3, -0.25) is 19.7 Å². The number of nitrogens with zero attached hydrogens (tertiary/aromatic N) is 1. The third-order valence-electron chi connectivity index (χ3n) is 6.42. The molecule has 5 atom stereocenters. The minimum Gasteiger partial charge on any atom is -0.508 e. The molecular formula is C28H38BN3O6. The maximum absolute atomic E-state index is 13.4. The highest BCUT2D eigenvalue weighted by molar-refractivity contribution is 6.49. The smallest absolute Gasteiger partial charge is 0.508 e. The van der Waals surface area contributed by atoms with E-state index in [1.165, 1.54) is 6.92 Å². The van der Waals surface area contributed by atoms with Crippen molar-refractivity contribution in [2.75, 3.05) is 6.61 Å². The monoisotopic (exact) mass is 523 g/mol. The lowest BCUT2D eigenvalue weighted by molar-refractivity contribution is -0.139. The van der Waals surface area contributed by atoms with Crippen LogP contribution in [0.3, 0.4) is 0 Å². The van der Waals surface area contributed by atoms with Gasteiger partial charge in [0.05, 0.1) is 11.8 Å². The van der Waals surface area contributed by atoms with Gasteiger partial charge in [0.15, 0.2) is 5.78 Å². The number of carbonyl (C=O) groups is 3. The molecule has 1 aliphatic heterocycles. The van der Waals surface area contributed by atoms with Gasteiger partial charge in [0.25, 0.3) is 5.91 Å². The van der Waals surface area contributed by atoms with Gasteiger partial charge in [0.1, 0.15) is 17.8 Å². The number of aromatic nitrogens is 1. The summed E-state index contributed by atoms with van der Waals surface area (Å²) in [5.74, 6) is -1.64. The Kier molecular flexibility index (Phi) is 10.6. The summed E-state index contributed by atoms with van der Waals surface area (Å²) >= 11 is 0. The Morgan fingerprint density at radius 2 is 1.84 bits per heavy atom. The van der Waals surface area contributed by atoms with E-state index in [0.717, 1.165) is 5.56 Å². The van der Waals surface area contributed by atoms with Crippen LogP contribution < -0.4 is 10.6 Å². The lowest BCUT2D eigenvalue weighted by atomic mass is 9.64. The van der Waals surface area contributed by atoms with Gasteiger partial charge >= 0.3 is 13.1 Å². The quantitative estimate of drug-likeness (QED) is 0.406. The van der Waals surface area contributed by atoms with Crippen molar-refractivity contribution in [2.45, 2.75) is 77.5 Å². The summed E-state index contributed by atoms with van der Waals surface area (Å²) in [5, 5.41) is 16.2. The molecule has 3 rings (SSSR count). The molecule has 0 radical (unpaired) electrons. The Balaban J connectivity index is 1.76. The average Bonchev–Trinajstić information content (AvgIpc) is 2.88. The van der Waals surface area contributed by atoms with Crippen LogP contribution in [-0.4, -0.2) is 65.7 Å². The van der Waals surface area contributed by atoms with Crippen LogP contribution in [0, 0.1) is 5.92 Å². The molecule has 3 N–H and O–H groups in total. The van der Waals surface area contributed by atoms with Crippen molar-refractivity contribution in [2.24, 2.45) is 5.92 Å². The molecule has 1 aromatic carbocycles. The Labute approximate surface area is 224 Å². The Hall–Kier alpha value is -3.08. The summed E-state index contributed by atoms with van der Waals surface area (Å²) < 4.78 is 11.5. The van der Waals surface area contributed by atoms with Crippen molar-refractivity contribution in [3.63, 3.8) is 0 Å². The fourth-order valence-electron chi connectivity index (χ4n) is 4.56. The first-order valence-corrected chi connectivity index (χ1v) is 13.2. The number of Topliss-reactive ketones (excluding diaryl/α,β-unsaturated/α-hetero) is 1. The second-order valence-corrected chi connectivity index (χ2v) is 10.5. The van der Waals surface area contributed by atoms with Crippen LogP contribution in [0.1, 0.15) is 57.9 Å². The van der Waals surface area contributed by atoms with E-state index in [0.29, 0.717) is 18.7 Å². The SMILES string of the molecule is CC(C)C[C@H](CC(=O)[C@@H](NC(=O)c1cccc(-c2ccccc2)n1)[C@@H](C)O)B1OC[C@H](C)N[C@@H](C)C(=O)O1. The average molecular weight is 523 g/mol. The van der Waals surface area contributed by atoms with E-state index >= 15 is 0 Å². The predicted octanol–water partition coefficient (Wildman–Crippen LogP) is 3.03. The number of ketones is 1. The van der Waals surface area contributed by atoms with Crippen molar-refractivity contribution in [3.8, 4) is 11.3 Å². The van der Waals surface area contributed by atoms with Gasteiger partial charge in [0, 0.05) is 30.5 Å². The van der Waals surface area contributed by atoms with Crippen LogP contribution in [0.2, 0.25) is 5.82 Å². The van der Waals surface area contributed by atoms with E-state index in [2.05, 4.69) is 15.6 Å². The molecule has 9 nitrogen and oxygen atoms in total. The first kappa shape index (κ1) is 29.5. The normalized spacial score (nSPS) is 20.6. The van der Waals surface area contributed by atoms with E-state index in [-0.39, 0.29) is 29.9 Å². The van der Waals surface area contributed by atoms with Crippen LogP contribution in [-0.2, 0) is 18.9 Å². The summed E-state index contributed by atoms with van der Waals surface area (Å²) in [4.78, 5) is 43.5. The molecule has 0 saturated carbocycles. The maximum atomic E-state index is 13.4. The molecule has 10 heteroatoms. The molecule has 0 aliphatic carbocycles. The minimum absolute atomic E-state index is 0.0420. The zero-order valence-electron chi connectivity index (χ0n) is 22.7. The molecule has 204 valence electrons. The number of hydrogen-bond acceptors (Lipinski definition) is 8. The number of hydrogen-bond donors (Lipinski definition) is 3. The number of pyridine rings is 1. The Bertz CT molecular complexity index is 1100. The van der Waals surface area contributed by atoms with Gasteiger partial charge in [-0.25, -0.2) is 4.98 Å². The number of aliphatic hydroxyl groups excluding tert-OH is 1. The maximum Gasteiger partial charge on any atom is 0.531 e. The first-order chi connectivity index (χ1) is 18.0. The second-order valence-electron chi connectivity index (χ2n) is 10.5. The molecule has 0 bridgehead atoms. The number of amides is 1. The third-order valence-corrected chi connectivity index (χ3v) is 6.42. The standard InChI is InChI=1S/C28H38BN3O6/c1-17(2)14-22(29-37-16-18(3)30-19(4)28(36)38-29)15-25(34)26(20(5)33)32-27(35)24-13-9-12-23(31-24)21-10-7-6-8-11-21/h6-13,17-20,22,26,30,33H,14-16H2,1-5H3,(H,32,35)/t18-,19-,20+,22+,26-/m0/s1. The minimum atomic E-state index is -1.16. The number of rotatable bonds is 10. The zero-order chi connectivity index (χ0) is 27.8. The molecule has 1 amide bonds. The summed E-state index contributed by atoms with van der Waals surface area (Å²) in [6.45, 7) is 9.42. The number of nitrogens with one attached hydrogen (secondary N) is 2. The van der Waals surface area contributed by atoms with Crippen LogP contribution >= 0.6 is 0 Å². The predicted molar refractivity (Wildman–Crippen MR) is 145 cm³/mol. The van der Waals surface area contributed by atoms with Crippen molar-refractivity contribution in [3.05, 3.63) is 54.2 Å². The van der Waals surface area contributed by atoms with E-state index in [4.69, 9.17) is 9.31 Å². The van der Waals surface area contributed by atoms with Gasteiger partial charge in [-0.2, -0.15) is 0 Å². The number of benzene rings is 1. The second kappa shape index (κ2) is 13.6. The molecule has 0 spiro atoms. The van der Waals surface area contributed by atoms with Gasteiger partial charge < -0.3 is 19.7 Å². The summed E-state index contributed by atoms with van der Waals surface area (Å²) in [6.07, 6.45) is -0.630. The Morgan fingerprint density at radius 3 is 2.50 bits per heavy atom. The molecule has 1 saturated heterocycles. The van der Waals surface area contributed by atoms with Crippen molar-refractivity contribution >= 4 is 24.8 Å². The highest BCUT2D eigenvalue weighted by Gasteiger charge is 2.40. The van der Waals surface area contributed by atoms with E-state index in [1.54, 1.807) is 25.1 Å². The fourth-order valence-corrected chi connectivity index (χ4v) is 4.56. The molecular weight excluding hydrogens is 485 g/mol. The summed E-state index contributed by atoms with van der Waals surface area (Å²) in [5.41, 5.74) is 1.61. The third kappa shape index (κ3) is 8.21. The van der Waals surface area contributed by atoms with Crippen molar-refractivity contribution in [1.82, 2.24) is 15.6 Å². The van der Waals surface area contributed by atoms with Crippen LogP contribution in [0.5, 0.6) is 0 Å². The highest BCUT2D eigenvalue weighted by Crippen LogP contribution is 2.28. The van der Waals surface area contributed by atoms with Gasteiger partial charge in [-0.05, 0) is 45.2 Å². The van der Waals surface area contributed by atoms with Gasteiger partial charge in [-0.15, -0.1) is 0 Å². The lowest BCUT2D eigenvalue weighted by Crippen LogP contribution is -2.51. The molecule has 1 aliphatic rings. The molecule has 38 heavy (non-hydrogen) atoms. The van der Waals surface area contributed by atoms with E-state index < -0.39 is 43.0 Å². The van der Waals surface area contributed by atoms with Crippen LogP contribution in [0.15, 0.2) is 48.5 Å². The van der Waals surface area contributed by atoms with Crippen LogP contribution in [0.25, 0.3) is 11.3 Å². The van der Waals surface area contributed by atoms with E-state index in [1.807, 2.05) is 51.1 Å². The topological polar surface area (TPSA) is 127 Å². The van der Waals surface area contributed by atoms with Crippen molar-refractivity contribution in [1.29, 1.82) is 0 Å². The Morgan fingerprint density at radius 1 is 1.13 bits per heavy atom. The zero-order valence-corrected chi connectivity index (χ0v) is 22.7. The number of aliphatic hydroxyl groups is 1. The summed E-state index contributed by atoms with van der Waals surface area (Å²) in [6, 6.07) is 12.8. The van der Waals surface area contributed by atoms with Gasteiger partial charge in [-0.1, -0.05) is 50.2 Å². The highest BCUT2D eigenvalue weighted by atomic mass is 16.6. The fraction of sp³-hybridized carbons (Fsp3) is 0.500.